The van der Waals surface area contributed by atoms with Gasteiger partial charge in [0.15, 0.2) is 5.69 Å². The standard InChI is InChI=1S/C11H15N5O3/c1-14-2-3-15-4-5-16(7-9(15)11(14)18)10(17)8-6-12-19-13-8/h6,9H,2-5,7H2,1H3/t9-/m0/s1. The van der Waals surface area contributed by atoms with Gasteiger partial charge in [-0.15, -0.1) is 0 Å². The second kappa shape index (κ2) is 4.61. The monoisotopic (exact) mass is 265 g/mol. The molecule has 1 atom stereocenters. The van der Waals surface area contributed by atoms with E-state index in [4.69, 9.17) is 0 Å². The van der Waals surface area contributed by atoms with Gasteiger partial charge in [0.1, 0.15) is 12.2 Å². The Morgan fingerprint density at radius 2 is 2.16 bits per heavy atom. The van der Waals surface area contributed by atoms with Gasteiger partial charge >= 0.3 is 0 Å². The fourth-order valence-corrected chi connectivity index (χ4v) is 2.57. The molecule has 0 radical (unpaired) electrons. The van der Waals surface area contributed by atoms with Crippen molar-refractivity contribution in [3.05, 3.63) is 11.9 Å². The maximum atomic E-state index is 12.1. The number of nitrogens with zero attached hydrogens (tertiary/aromatic N) is 5. The third kappa shape index (κ3) is 2.07. The molecule has 0 bridgehead atoms. The van der Waals surface area contributed by atoms with E-state index in [0.29, 0.717) is 19.6 Å². The number of fused-ring (bicyclic) bond motifs is 1. The van der Waals surface area contributed by atoms with Gasteiger partial charge in [0.05, 0.1) is 0 Å². The molecule has 102 valence electrons. The summed E-state index contributed by atoms with van der Waals surface area (Å²) in [4.78, 5) is 29.7. The van der Waals surface area contributed by atoms with Crippen molar-refractivity contribution in [1.29, 1.82) is 0 Å². The summed E-state index contributed by atoms with van der Waals surface area (Å²) in [5.41, 5.74) is 0.185. The average molecular weight is 265 g/mol. The number of carbonyl (C=O) groups excluding carboxylic acids is 2. The zero-order valence-electron chi connectivity index (χ0n) is 10.7. The van der Waals surface area contributed by atoms with Crippen LogP contribution >= 0.6 is 0 Å². The molecule has 1 aromatic rings. The van der Waals surface area contributed by atoms with Gasteiger partial charge in [0.25, 0.3) is 5.91 Å². The van der Waals surface area contributed by atoms with E-state index in [9.17, 15) is 9.59 Å². The highest BCUT2D eigenvalue weighted by Crippen LogP contribution is 2.17. The summed E-state index contributed by atoms with van der Waals surface area (Å²) in [6.45, 7) is 3.31. The molecule has 0 unspecified atom stereocenters. The molecule has 8 nitrogen and oxygen atoms in total. The van der Waals surface area contributed by atoms with Crippen molar-refractivity contribution >= 4 is 11.8 Å². The van der Waals surface area contributed by atoms with E-state index >= 15 is 0 Å². The Kier molecular flexibility index (Phi) is 2.94. The molecule has 19 heavy (non-hydrogen) atoms. The Hall–Kier alpha value is -1.96. The van der Waals surface area contributed by atoms with Crippen LogP contribution in [0.5, 0.6) is 0 Å². The highest BCUT2D eigenvalue weighted by atomic mass is 16.6. The van der Waals surface area contributed by atoms with Crippen LogP contribution in [-0.4, -0.2) is 82.6 Å². The molecule has 2 aliphatic rings. The smallest absolute Gasteiger partial charge is 0.277 e. The van der Waals surface area contributed by atoms with Crippen molar-refractivity contribution in [2.75, 3.05) is 39.8 Å². The lowest BCUT2D eigenvalue weighted by Crippen LogP contribution is -2.64. The van der Waals surface area contributed by atoms with E-state index < -0.39 is 0 Å². The molecule has 0 saturated carbocycles. The van der Waals surface area contributed by atoms with Gasteiger partial charge in [-0.05, 0) is 5.16 Å². The molecular weight excluding hydrogens is 250 g/mol. The zero-order chi connectivity index (χ0) is 13.4. The van der Waals surface area contributed by atoms with Crippen molar-refractivity contribution in [2.24, 2.45) is 0 Å². The third-order valence-electron chi connectivity index (χ3n) is 3.74. The van der Waals surface area contributed by atoms with Gasteiger partial charge < -0.3 is 9.80 Å². The number of amides is 2. The van der Waals surface area contributed by atoms with Crippen LogP contribution in [0.1, 0.15) is 10.5 Å². The van der Waals surface area contributed by atoms with E-state index in [1.807, 2.05) is 0 Å². The number of piperazine rings is 2. The van der Waals surface area contributed by atoms with Crippen molar-refractivity contribution in [3.8, 4) is 0 Å². The van der Waals surface area contributed by atoms with Gasteiger partial charge in [-0.25, -0.2) is 4.63 Å². The summed E-state index contributed by atoms with van der Waals surface area (Å²) < 4.78 is 4.44. The molecule has 8 heteroatoms. The Morgan fingerprint density at radius 1 is 1.37 bits per heavy atom. The minimum Gasteiger partial charge on any atom is -0.343 e. The van der Waals surface area contributed by atoms with Crippen LogP contribution in [0.2, 0.25) is 0 Å². The van der Waals surface area contributed by atoms with Gasteiger partial charge in [0.2, 0.25) is 5.91 Å². The topological polar surface area (TPSA) is 82.8 Å². The van der Waals surface area contributed by atoms with Crippen molar-refractivity contribution in [1.82, 2.24) is 25.0 Å². The maximum Gasteiger partial charge on any atom is 0.277 e. The van der Waals surface area contributed by atoms with E-state index in [2.05, 4.69) is 19.8 Å². The fraction of sp³-hybridized carbons (Fsp3) is 0.636. The van der Waals surface area contributed by atoms with Gasteiger partial charge in [-0.2, -0.15) is 0 Å². The van der Waals surface area contributed by atoms with Crippen LogP contribution in [0.15, 0.2) is 10.8 Å². The predicted molar refractivity (Wildman–Crippen MR) is 63.2 cm³/mol. The third-order valence-corrected chi connectivity index (χ3v) is 3.74. The maximum absolute atomic E-state index is 12.1. The lowest BCUT2D eigenvalue weighted by molar-refractivity contribution is -0.142. The number of aromatic nitrogens is 2. The Bertz CT molecular complexity index is 489. The van der Waals surface area contributed by atoms with E-state index in [1.54, 1.807) is 16.8 Å². The van der Waals surface area contributed by atoms with E-state index in [0.717, 1.165) is 13.1 Å². The summed E-state index contributed by atoms with van der Waals surface area (Å²) in [6, 6.07) is -0.240. The van der Waals surface area contributed by atoms with Crippen LogP contribution < -0.4 is 0 Å². The molecule has 0 aliphatic carbocycles. The number of rotatable bonds is 1. The molecule has 2 saturated heterocycles. The number of carbonyl (C=O) groups is 2. The van der Waals surface area contributed by atoms with Crippen LogP contribution in [0.3, 0.4) is 0 Å². The second-order valence-electron chi connectivity index (χ2n) is 4.86. The highest BCUT2D eigenvalue weighted by Gasteiger charge is 2.39. The predicted octanol–water partition coefficient (Wildman–Crippen LogP) is -1.33. The molecular formula is C11H15N5O3. The molecule has 3 heterocycles. The highest BCUT2D eigenvalue weighted by molar-refractivity contribution is 5.92. The van der Waals surface area contributed by atoms with Gasteiger partial charge in [0, 0.05) is 39.8 Å². The summed E-state index contributed by atoms with van der Waals surface area (Å²) >= 11 is 0. The first-order valence-electron chi connectivity index (χ1n) is 6.22. The number of hydrogen-bond donors (Lipinski definition) is 0. The van der Waals surface area contributed by atoms with E-state index in [1.165, 1.54) is 6.20 Å². The lowest BCUT2D eigenvalue weighted by Gasteiger charge is -2.45. The molecule has 0 aromatic carbocycles. The quantitative estimate of drug-likeness (QED) is 0.625. The second-order valence-corrected chi connectivity index (χ2v) is 4.86. The summed E-state index contributed by atoms with van der Waals surface area (Å²) in [5.74, 6) is -0.163. The summed E-state index contributed by atoms with van der Waals surface area (Å²) in [7, 11) is 1.79. The Balaban J connectivity index is 1.74. The Labute approximate surface area is 109 Å². The molecule has 2 amide bonds. The number of likely N-dealkylation sites (N-methyl/N-ethyl adjacent to an activating group) is 1. The summed E-state index contributed by atoms with van der Waals surface area (Å²) in [5, 5.41) is 6.97. The molecule has 0 spiro atoms. The Morgan fingerprint density at radius 3 is 2.89 bits per heavy atom. The fourth-order valence-electron chi connectivity index (χ4n) is 2.57. The molecule has 2 fully saturated rings. The largest absolute Gasteiger partial charge is 0.343 e. The lowest BCUT2D eigenvalue weighted by atomic mass is 10.1. The first-order chi connectivity index (χ1) is 9.16. The van der Waals surface area contributed by atoms with Gasteiger partial charge in [-0.1, -0.05) is 5.16 Å². The normalized spacial score (nSPS) is 24.5. The average Bonchev–Trinajstić information content (AvgIpc) is 2.96. The first-order valence-corrected chi connectivity index (χ1v) is 6.22. The van der Waals surface area contributed by atoms with Crippen LogP contribution in [0.25, 0.3) is 0 Å². The first kappa shape index (κ1) is 12.1. The summed E-state index contributed by atoms with van der Waals surface area (Å²) in [6.07, 6.45) is 1.30. The minimum absolute atomic E-state index is 0.0713. The minimum atomic E-state index is -0.240. The van der Waals surface area contributed by atoms with Crippen molar-refractivity contribution < 1.29 is 14.2 Å². The number of hydrogen-bond acceptors (Lipinski definition) is 6. The molecule has 2 aliphatic heterocycles. The van der Waals surface area contributed by atoms with Crippen molar-refractivity contribution in [3.63, 3.8) is 0 Å². The van der Waals surface area contributed by atoms with Crippen LogP contribution in [0.4, 0.5) is 0 Å². The van der Waals surface area contributed by atoms with Gasteiger partial charge in [-0.3, -0.25) is 14.5 Å². The molecule has 3 rings (SSSR count). The SMILES string of the molecule is CN1CCN2CCN(C(=O)c3cnon3)C[C@H]2C1=O. The van der Waals surface area contributed by atoms with E-state index in [-0.39, 0.29) is 23.6 Å². The zero-order valence-corrected chi connectivity index (χ0v) is 10.7. The molecule has 1 aromatic heterocycles. The van der Waals surface area contributed by atoms with Crippen LogP contribution in [-0.2, 0) is 4.79 Å². The molecule has 0 N–H and O–H groups in total. The van der Waals surface area contributed by atoms with Crippen molar-refractivity contribution in [2.45, 2.75) is 6.04 Å². The van der Waals surface area contributed by atoms with Crippen LogP contribution in [0, 0.1) is 0 Å².